The third kappa shape index (κ3) is 2.09. The van der Waals surface area contributed by atoms with E-state index in [4.69, 9.17) is 9.40 Å². The van der Waals surface area contributed by atoms with Gasteiger partial charge >= 0.3 is 0 Å². The quantitative estimate of drug-likeness (QED) is 0.264. The summed E-state index contributed by atoms with van der Waals surface area (Å²) in [5.74, 6) is 0.662. The molecule has 158 valence electrons. The average Bonchev–Trinajstić information content (AvgIpc) is 3.55. The van der Waals surface area contributed by atoms with Crippen molar-refractivity contribution in [3.05, 3.63) is 138 Å². The fourth-order valence-corrected chi connectivity index (χ4v) is 6.23. The van der Waals surface area contributed by atoms with E-state index in [2.05, 4.69) is 91.0 Å². The van der Waals surface area contributed by atoms with Crippen molar-refractivity contribution in [2.24, 2.45) is 0 Å². The van der Waals surface area contributed by atoms with Gasteiger partial charge in [0.25, 0.3) is 0 Å². The van der Waals surface area contributed by atoms with Crippen LogP contribution in [0.2, 0.25) is 0 Å². The Balaban J connectivity index is 1.45. The topological polar surface area (TPSA) is 26.0 Å². The molecule has 2 aliphatic carbocycles. The molecule has 0 saturated carbocycles. The highest BCUT2D eigenvalue weighted by atomic mass is 16.3. The molecule has 0 saturated heterocycles. The van der Waals surface area contributed by atoms with Crippen molar-refractivity contribution in [1.82, 2.24) is 4.98 Å². The van der Waals surface area contributed by atoms with Gasteiger partial charge in [-0.2, -0.15) is 0 Å². The number of hydrogen-bond acceptors (Lipinski definition) is 2. The minimum atomic E-state index is -0.307. The van der Waals surface area contributed by atoms with Crippen molar-refractivity contribution in [2.45, 2.75) is 5.41 Å². The normalized spacial score (nSPS) is 14.1. The summed E-state index contributed by atoms with van der Waals surface area (Å²) in [5.41, 5.74) is 13.0. The molecule has 0 atom stereocenters. The van der Waals surface area contributed by atoms with Crippen LogP contribution in [0.25, 0.3) is 44.8 Å². The molecule has 1 heterocycles. The van der Waals surface area contributed by atoms with Crippen LogP contribution in [0.15, 0.2) is 120 Å². The van der Waals surface area contributed by atoms with Crippen LogP contribution in [-0.2, 0) is 5.41 Å². The number of nitrogens with zero attached hydrogens (tertiary/aromatic N) is 1. The van der Waals surface area contributed by atoms with Crippen LogP contribution >= 0.6 is 0 Å². The van der Waals surface area contributed by atoms with E-state index in [1.165, 1.54) is 44.5 Å². The van der Waals surface area contributed by atoms with Gasteiger partial charge in [0, 0.05) is 5.56 Å². The number of para-hydroxylation sites is 2. The highest BCUT2D eigenvalue weighted by Crippen LogP contribution is 2.62. The number of benzene rings is 5. The summed E-state index contributed by atoms with van der Waals surface area (Å²) >= 11 is 0. The van der Waals surface area contributed by atoms with E-state index in [1.807, 2.05) is 24.3 Å². The van der Waals surface area contributed by atoms with Crippen LogP contribution in [-0.4, -0.2) is 4.98 Å². The molecule has 2 heteroatoms. The molecule has 0 bridgehead atoms. The maximum Gasteiger partial charge on any atom is 0.227 e. The Hall–Kier alpha value is -4.43. The first-order valence-corrected chi connectivity index (χ1v) is 11.7. The molecule has 0 N–H and O–H groups in total. The summed E-state index contributed by atoms with van der Waals surface area (Å²) < 4.78 is 6.12. The zero-order chi connectivity index (χ0) is 22.3. The predicted molar refractivity (Wildman–Crippen MR) is 136 cm³/mol. The van der Waals surface area contributed by atoms with Crippen molar-refractivity contribution in [1.29, 1.82) is 0 Å². The lowest BCUT2D eigenvalue weighted by atomic mass is 9.70. The summed E-state index contributed by atoms with van der Waals surface area (Å²) in [4.78, 5) is 4.76. The number of oxazole rings is 1. The van der Waals surface area contributed by atoms with Crippen molar-refractivity contribution in [2.75, 3.05) is 0 Å². The third-order valence-electron chi connectivity index (χ3n) is 7.54. The van der Waals surface area contributed by atoms with Gasteiger partial charge in [0.2, 0.25) is 5.89 Å². The first kappa shape index (κ1) is 18.0. The Kier molecular flexibility index (Phi) is 3.36. The van der Waals surface area contributed by atoms with Gasteiger partial charge in [-0.15, -0.1) is 0 Å². The Bertz CT molecular complexity index is 1700. The second kappa shape index (κ2) is 6.33. The number of fused-ring (bicyclic) bond motifs is 11. The Morgan fingerprint density at radius 3 is 1.68 bits per heavy atom. The van der Waals surface area contributed by atoms with E-state index < -0.39 is 0 Å². The van der Waals surface area contributed by atoms with E-state index >= 15 is 0 Å². The van der Waals surface area contributed by atoms with Gasteiger partial charge in [-0.3, -0.25) is 0 Å². The fraction of sp³-hybridized carbons (Fsp3) is 0.0312. The fourth-order valence-electron chi connectivity index (χ4n) is 6.23. The first-order chi connectivity index (χ1) is 16.9. The molecule has 34 heavy (non-hydrogen) atoms. The molecule has 5 aromatic carbocycles. The summed E-state index contributed by atoms with van der Waals surface area (Å²) in [7, 11) is 0. The molecule has 0 aliphatic heterocycles. The van der Waals surface area contributed by atoms with Crippen LogP contribution < -0.4 is 0 Å². The highest BCUT2D eigenvalue weighted by Gasteiger charge is 2.51. The minimum absolute atomic E-state index is 0.307. The Morgan fingerprint density at radius 2 is 1.03 bits per heavy atom. The SMILES string of the molecule is c1ccc2c(c1)-c1ccccc1C21c2ccccc2-c2cc(-c3nc4ccccc4o3)ccc21. The monoisotopic (exact) mass is 433 g/mol. The smallest absolute Gasteiger partial charge is 0.227 e. The van der Waals surface area contributed by atoms with Gasteiger partial charge in [0.15, 0.2) is 5.58 Å². The predicted octanol–water partition coefficient (Wildman–Crippen LogP) is 7.84. The second-order valence-electron chi connectivity index (χ2n) is 9.13. The number of hydrogen-bond donors (Lipinski definition) is 0. The van der Waals surface area contributed by atoms with Gasteiger partial charge in [0.1, 0.15) is 5.52 Å². The van der Waals surface area contributed by atoms with E-state index in [0.29, 0.717) is 5.89 Å². The van der Waals surface area contributed by atoms with Crippen LogP contribution in [0, 0.1) is 0 Å². The average molecular weight is 434 g/mol. The maximum absolute atomic E-state index is 6.12. The Morgan fingerprint density at radius 1 is 0.500 bits per heavy atom. The van der Waals surface area contributed by atoms with Crippen LogP contribution in [0.4, 0.5) is 0 Å². The lowest BCUT2D eigenvalue weighted by molar-refractivity contribution is 0.620. The second-order valence-corrected chi connectivity index (χ2v) is 9.13. The summed E-state index contributed by atoms with van der Waals surface area (Å²) in [6.07, 6.45) is 0. The Labute approximate surface area is 197 Å². The van der Waals surface area contributed by atoms with E-state index in [-0.39, 0.29) is 5.41 Å². The first-order valence-electron chi connectivity index (χ1n) is 11.7. The lowest BCUT2D eigenvalue weighted by Crippen LogP contribution is -2.25. The van der Waals surface area contributed by atoms with E-state index in [0.717, 1.165) is 16.7 Å². The van der Waals surface area contributed by atoms with Crippen LogP contribution in [0.1, 0.15) is 22.3 Å². The largest absolute Gasteiger partial charge is 0.436 e. The standard InChI is InChI=1S/C32H19NO/c1-4-12-25-21(9-1)22-10-2-5-13-26(22)32(25)27-14-6-3-11-23(27)24-19-20(17-18-28(24)32)31-33-29-15-7-8-16-30(29)34-31/h1-19H. The molecule has 8 rings (SSSR count). The molecule has 1 aromatic heterocycles. The highest BCUT2D eigenvalue weighted by molar-refractivity contribution is 5.95. The number of aromatic nitrogens is 1. The summed E-state index contributed by atoms with van der Waals surface area (Å²) in [6, 6.07) is 41.3. The van der Waals surface area contributed by atoms with Gasteiger partial charge in [-0.25, -0.2) is 4.98 Å². The zero-order valence-electron chi connectivity index (χ0n) is 18.3. The molecule has 0 unspecified atom stereocenters. The van der Waals surface area contributed by atoms with Crippen molar-refractivity contribution < 1.29 is 4.42 Å². The molecule has 0 radical (unpaired) electrons. The van der Waals surface area contributed by atoms with E-state index in [1.54, 1.807) is 0 Å². The van der Waals surface area contributed by atoms with Gasteiger partial charge < -0.3 is 4.42 Å². The molecular formula is C32H19NO. The number of rotatable bonds is 1. The van der Waals surface area contributed by atoms with Crippen molar-refractivity contribution in [3.63, 3.8) is 0 Å². The summed E-state index contributed by atoms with van der Waals surface area (Å²) in [5, 5.41) is 0. The summed E-state index contributed by atoms with van der Waals surface area (Å²) in [6.45, 7) is 0. The molecule has 1 spiro atoms. The van der Waals surface area contributed by atoms with Crippen LogP contribution in [0.3, 0.4) is 0 Å². The zero-order valence-corrected chi connectivity index (χ0v) is 18.3. The molecular weight excluding hydrogens is 414 g/mol. The molecule has 0 fully saturated rings. The molecule has 2 nitrogen and oxygen atoms in total. The van der Waals surface area contributed by atoms with Crippen LogP contribution in [0.5, 0.6) is 0 Å². The van der Waals surface area contributed by atoms with Gasteiger partial charge in [0.05, 0.1) is 5.41 Å². The third-order valence-corrected chi connectivity index (χ3v) is 7.54. The lowest BCUT2D eigenvalue weighted by Gasteiger charge is -2.30. The van der Waals surface area contributed by atoms with E-state index in [9.17, 15) is 0 Å². The van der Waals surface area contributed by atoms with Crippen molar-refractivity contribution in [3.8, 4) is 33.7 Å². The minimum Gasteiger partial charge on any atom is -0.436 e. The van der Waals surface area contributed by atoms with Gasteiger partial charge in [-0.1, -0.05) is 91.0 Å². The van der Waals surface area contributed by atoms with Crippen molar-refractivity contribution >= 4 is 11.1 Å². The maximum atomic E-state index is 6.12. The molecule has 6 aromatic rings. The van der Waals surface area contributed by atoms with Gasteiger partial charge in [-0.05, 0) is 68.8 Å². The molecule has 0 amide bonds. The molecule has 2 aliphatic rings.